The van der Waals surface area contributed by atoms with Crippen molar-refractivity contribution >= 4 is 17.8 Å². The maximum Gasteiger partial charge on any atom is 0.325 e. The fourth-order valence-corrected chi connectivity index (χ4v) is 4.94. The van der Waals surface area contributed by atoms with E-state index in [0.717, 1.165) is 42.6 Å². The van der Waals surface area contributed by atoms with Crippen LogP contribution in [0.4, 0.5) is 4.79 Å². The number of amides is 4. The lowest BCUT2D eigenvalue weighted by molar-refractivity contribution is -0.142. The Labute approximate surface area is 172 Å². The second-order valence-corrected chi connectivity index (χ2v) is 9.02. The lowest BCUT2D eigenvalue weighted by Gasteiger charge is -2.37. The van der Waals surface area contributed by atoms with Gasteiger partial charge in [-0.1, -0.05) is 50.1 Å². The van der Waals surface area contributed by atoms with Crippen LogP contribution in [0.2, 0.25) is 0 Å². The Morgan fingerprint density at radius 3 is 2.59 bits per heavy atom. The van der Waals surface area contributed by atoms with Crippen LogP contribution in [-0.2, 0) is 16.1 Å². The molecular formula is C23H31N3O3. The minimum atomic E-state index is -0.817. The van der Waals surface area contributed by atoms with Gasteiger partial charge < -0.3 is 10.2 Å². The van der Waals surface area contributed by atoms with Gasteiger partial charge in [-0.2, -0.15) is 0 Å². The molecule has 0 radical (unpaired) electrons. The van der Waals surface area contributed by atoms with E-state index in [1.165, 1.54) is 0 Å². The molecule has 1 heterocycles. The molecule has 0 bridgehead atoms. The van der Waals surface area contributed by atoms with Crippen LogP contribution in [0.25, 0.3) is 0 Å². The van der Waals surface area contributed by atoms with Crippen LogP contribution < -0.4 is 5.32 Å². The van der Waals surface area contributed by atoms with Gasteiger partial charge in [0.2, 0.25) is 5.91 Å². The lowest BCUT2D eigenvalue weighted by Crippen LogP contribution is -2.54. The Hall–Kier alpha value is -2.37. The second-order valence-electron chi connectivity index (χ2n) is 9.02. The summed E-state index contributed by atoms with van der Waals surface area (Å²) in [7, 11) is 0. The Morgan fingerprint density at radius 2 is 1.93 bits per heavy atom. The summed E-state index contributed by atoms with van der Waals surface area (Å²) >= 11 is 0. The summed E-state index contributed by atoms with van der Waals surface area (Å²) in [6.45, 7) is 4.43. The zero-order chi connectivity index (χ0) is 20.6. The second kappa shape index (κ2) is 7.81. The highest BCUT2D eigenvalue weighted by atomic mass is 16.2. The summed E-state index contributed by atoms with van der Waals surface area (Å²) in [5, 5.41) is 2.94. The van der Waals surface area contributed by atoms with Crippen molar-refractivity contribution in [2.24, 2.45) is 11.8 Å². The number of imide groups is 1. The largest absolute Gasteiger partial charge is 0.334 e. The molecule has 3 fully saturated rings. The standard InChI is InChI=1S/C23H31N3O3/c1-16-8-6-7-13-23(16)21(28)26(22(29)24-23)15-20(27)25(17(2)19-11-12-19)14-18-9-4-3-5-10-18/h3-5,9-10,16-17,19H,6-8,11-15H2,1-2H3,(H,24,29). The van der Waals surface area contributed by atoms with Gasteiger partial charge in [0, 0.05) is 12.6 Å². The van der Waals surface area contributed by atoms with Crippen molar-refractivity contribution in [3.8, 4) is 0 Å². The monoisotopic (exact) mass is 397 g/mol. The first-order chi connectivity index (χ1) is 13.9. The minimum Gasteiger partial charge on any atom is -0.334 e. The predicted molar refractivity (Wildman–Crippen MR) is 110 cm³/mol. The zero-order valence-corrected chi connectivity index (χ0v) is 17.4. The topological polar surface area (TPSA) is 69.7 Å². The van der Waals surface area contributed by atoms with Crippen molar-refractivity contribution in [3.63, 3.8) is 0 Å². The Bertz CT molecular complexity index is 792. The van der Waals surface area contributed by atoms with Gasteiger partial charge in [0.25, 0.3) is 5.91 Å². The molecule has 4 amide bonds. The number of hydrogen-bond donors (Lipinski definition) is 1. The predicted octanol–water partition coefficient (Wildman–Crippen LogP) is 3.31. The SMILES string of the molecule is CC(C1CC1)N(Cc1ccccc1)C(=O)CN1C(=O)NC2(CCCCC2C)C1=O. The third-order valence-corrected chi connectivity index (χ3v) is 7.11. The average Bonchev–Trinajstić information content (AvgIpc) is 3.53. The molecule has 1 saturated heterocycles. The quantitative estimate of drug-likeness (QED) is 0.749. The average molecular weight is 398 g/mol. The molecule has 1 aromatic rings. The highest BCUT2D eigenvalue weighted by Crippen LogP contribution is 2.39. The number of urea groups is 1. The molecule has 2 saturated carbocycles. The van der Waals surface area contributed by atoms with Crippen molar-refractivity contribution in [1.82, 2.24) is 15.1 Å². The molecule has 29 heavy (non-hydrogen) atoms. The summed E-state index contributed by atoms with van der Waals surface area (Å²) in [6.07, 6.45) is 5.85. The Morgan fingerprint density at radius 1 is 1.21 bits per heavy atom. The van der Waals surface area contributed by atoms with E-state index in [1.54, 1.807) is 0 Å². The number of hydrogen-bond acceptors (Lipinski definition) is 3. The van der Waals surface area contributed by atoms with Crippen LogP contribution in [0.3, 0.4) is 0 Å². The summed E-state index contributed by atoms with van der Waals surface area (Å²) < 4.78 is 0. The van der Waals surface area contributed by atoms with E-state index in [4.69, 9.17) is 0 Å². The van der Waals surface area contributed by atoms with Crippen molar-refractivity contribution in [3.05, 3.63) is 35.9 Å². The molecule has 6 heteroatoms. The van der Waals surface area contributed by atoms with Gasteiger partial charge in [0.05, 0.1) is 0 Å². The van der Waals surface area contributed by atoms with Crippen LogP contribution in [-0.4, -0.2) is 45.8 Å². The lowest BCUT2D eigenvalue weighted by atomic mass is 9.73. The summed E-state index contributed by atoms with van der Waals surface area (Å²) in [5.74, 6) is 0.230. The van der Waals surface area contributed by atoms with Crippen LogP contribution in [0, 0.1) is 11.8 Å². The van der Waals surface area contributed by atoms with E-state index in [1.807, 2.05) is 42.2 Å². The van der Waals surface area contributed by atoms with Crippen LogP contribution in [0.5, 0.6) is 0 Å². The normalized spacial score (nSPS) is 27.8. The summed E-state index contributed by atoms with van der Waals surface area (Å²) in [6, 6.07) is 9.58. The molecule has 1 aliphatic heterocycles. The van der Waals surface area contributed by atoms with Gasteiger partial charge in [0.15, 0.2) is 0 Å². The van der Waals surface area contributed by atoms with Gasteiger partial charge in [-0.05, 0) is 50.0 Å². The van der Waals surface area contributed by atoms with Gasteiger partial charge in [0.1, 0.15) is 12.1 Å². The van der Waals surface area contributed by atoms with Crippen LogP contribution >= 0.6 is 0 Å². The first-order valence-electron chi connectivity index (χ1n) is 10.9. The number of carbonyl (C=O) groups is 3. The third kappa shape index (κ3) is 3.77. The fourth-order valence-electron chi connectivity index (χ4n) is 4.94. The molecule has 1 N–H and O–H groups in total. The minimum absolute atomic E-state index is 0.0959. The van der Waals surface area contributed by atoms with Crippen molar-refractivity contribution in [1.29, 1.82) is 0 Å². The van der Waals surface area contributed by atoms with E-state index in [0.29, 0.717) is 18.9 Å². The summed E-state index contributed by atoms with van der Waals surface area (Å²) in [5.41, 5.74) is 0.241. The molecule has 4 rings (SSSR count). The first-order valence-corrected chi connectivity index (χ1v) is 10.9. The fraction of sp³-hybridized carbons (Fsp3) is 0.609. The molecule has 0 aromatic heterocycles. The molecule has 1 aromatic carbocycles. The van der Waals surface area contributed by atoms with E-state index in [9.17, 15) is 14.4 Å². The Kier molecular flexibility index (Phi) is 5.36. The van der Waals surface area contributed by atoms with E-state index in [-0.39, 0.29) is 30.3 Å². The molecular weight excluding hydrogens is 366 g/mol. The molecule has 3 atom stereocenters. The molecule has 2 aliphatic carbocycles. The highest BCUT2D eigenvalue weighted by molar-refractivity contribution is 6.09. The molecule has 156 valence electrons. The van der Waals surface area contributed by atoms with Crippen molar-refractivity contribution in [2.75, 3.05) is 6.54 Å². The van der Waals surface area contributed by atoms with Crippen LogP contribution in [0.1, 0.15) is 57.9 Å². The van der Waals surface area contributed by atoms with Crippen LogP contribution in [0.15, 0.2) is 30.3 Å². The van der Waals surface area contributed by atoms with Crippen molar-refractivity contribution in [2.45, 2.75) is 70.5 Å². The maximum absolute atomic E-state index is 13.3. The molecule has 3 aliphatic rings. The van der Waals surface area contributed by atoms with Crippen molar-refractivity contribution < 1.29 is 14.4 Å². The number of benzene rings is 1. The van der Waals surface area contributed by atoms with Gasteiger partial charge >= 0.3 is 6.03 Å². The van der Waals surface area contributed by atoms with E-state index in [2.05, 4.69) is 12.2 Å². The zero-order valence-electron chi connectivity index (χ0n) is 17.4. The molecule has 3 unspecified atom stereocenters. The van der Waals surface area contributed by atoms with Gasteiger partial charge in [-0.15, -0.1) is 0 Å². The van der Waals surface area contributed by atoms with E-state index >= 15 is 0 Å². The smallest absolute Gasteiger partial charge is 0.325 e. The van der Waals surface area contributed by atoms with Gasteiger partial charge in [-0.3, -0.25) is 14.5 Å². The molecule has 1 spiro atoms. The van der Waals surface area contributed by atoms with E-state index < -0.39 is 11.6 Å². The number of nitrogens with zero attached hydrogens (tertiary/aromatic N) is 2. The highest BCUT2D eigenvalue weighted by Gasteiger charge is 2.55. The first kappa shape index (κ1) is 19.9. The van der Waals surface area contributed by atoms with Gasteiger partial charge in [-0.25, -0.2) is 4.79 Å². The number of carbonyl (C=O) groups excluding carboxylic acids is 3. The number of rotatable bonds is 6. The Balaban J connectivity index is 1.51. The molecule has 6 nitrogen and oxygen atoms in total. The summed E-state index contributed by atoms with van der Waals surface area (Å²) in [4.78, 5) is 42.1. The third-order valence-electron chi connectivity index (χ3n) is 7.11. The number of nitrogens with one attached hydrogen (secondary N) is 1. The maximum atomic E-state index is 13.3.